The van der Waals surface area contributed by atoms with Gasteiger partial charge in [-0.15, -0.1) is 12.4 Å². The number of rotatable bonds is 2. The lowest BCUT2D eigenvalue weighted by molar-refractivity contribution is 0.412. The quantitative estimate of drug-likeness (QED) is 0.797. The number of methoxy groups -OCH3 is 1. The van der Waals surface area contributed by atoms with E-state index in [1.165, 1.54) is 0 Å². The first-order valence-electron chi connectivity index (χ1n) is 3.97. The van der Waals surface area contributed by atoms with Gasteiger partial charge < -0.3 is 10.5 Å². The van der Waals surface area contributed by atoms with Gasteiger partial charge >= 0.3 is 0 Å². The molecule has 0 bridgehead atoms. The number of hydrogen-bond acceptors (Lipinski definition) is 2. The van der Waals surface area contributed by atoms with Gasteiger partial charge in [0.1, 0.15) is 5.75 Å². The van der Waals surface area contributed by atoms with E-state index in [0.717, 1.165) is 11.3 Å². The van der Waals surface area contributed by atoms with Crippen molar-refractivity contribution in [3.05, 3.63) is 29.8 Å². The van der Waals surface area contributed by atoms with Gasteiger partial charge in [0.2, 0.25) is 0 Å². The lowest BCUT2D eigenvalue weighted by atomic mass is 9.96. The number of benzene rings is 1. The van der Waals surface area contributed by atoms with Crippen molar-refractivity contribution in [2.24, 2.45) is 5.73 Å². The minimum absolute atomic E-state index is 0. The summed E-state index contributed by atoms with van der Waals surface area (Å²) < 4.78 is 5.09. The summed E-state index contributed by atoms with van der Waals surface area (Å²) in [5, 5.41) is 0. The first kappa shape index (κ1) is 12.3. The molecule has 0 aliphatic carbocycles. The Balaban J connectivity index is 0.00000144. The smallest absolute Gasteiger partial charge is 0.119 e. The first-order chi connectivity index (χ1) is 5.54. The Morgan fingerprint density at radius 1 is 1.31 bits per heavy atom. The Kier molecular flexibility index (Phi) is 4.24. The van der Waals surface area contributed by atoms with Gasteiger partial charge in [-0.25, -0.2) is 0 Å². The van der Waals surface area contributed by atoms with Gasteiger partial charge in [0.15, 0.2) is 0 Å². The van der Waals surface area contributed by atoms with E-state index < -0.39 is 0 Å². The van der Waals surface area contributed by atoms with Crippen LogP contribution >= 0.6 is 12.4 Å². The molecule has 0 fully saturated rings. The lowest BCUT2D eigenvalue weighted by Gasteiger charge is -2.19. The van der Waals surface area contributed by atoms with Crippen molar-refractivity contribution in [2.45, 2.75) is 19.4 Å². The molecule has 0 aliphatic rings. The van der Waals surface area contributed by atoms with E-state index in [4.69, 9.17) is 10.5 Å². The van der Waals surface area contributed by atoms with Gasteiger partial charge in [-0.3, -0.25) is 0 Å². The maximum atomic E-state index is 5.92. The molecular weight excluding hydrogens is 186 g/mol. The highest BCUT2D eigenvalue weighted by molar-refractivity contribution is 5.85. The number of halogens is 1. The molecule has 0 atom stereocenters. The first-order valence-corrected chi connectivity index (χ1v) is 3.97. The topological polar surface area (TPSA) is 35.2 Å². The molecule has 13 heavy (non-hydrogen) atoms. The van der Waals surface area contributed by atoms with Gasteiger partial charge in [-0.1, -0.05) is 12.1 Å². The zero-order valence-corrected chi connectivity index (χ0v) is 9.02. The summed E-state index contributed by atoms with van der Waals surface area (Å²) >= 11 is 0. The molecule has 0 saturated heterocycles. The zero-order chi connectivity index (χ0) is 9.19. The largest absolute Gasteiger partial charge is 0.497 e. The number of nitrogens with two attached hydrogens (primary N) is 1. The Morgan fingerprint density at radius 3 is 2.38 bits per heavy atom. The van der Waals surface area contributed by atoms with Crippen molar-refractivity contribution in [3.63, 3.8) is 0 Å². The second-order valence-electron chi connectivity index (χ2n) is 3.45. The molecule has 0 aromatic heterocycles. The van der Waals surface area contributed by atoms with Crippen LogP contribution in [0.25, 0.3) is 0 Å². The molecule has 2 nitrogen and oxygen atoms in total. The van der Waals surface area contributed by atoms with E-state index in [1.54, 1.807) is 7.11 Å². The highest BCUT2D eigenvalue weighted by atomic mass is 35.5. The Hall–Kier alpha value is -0.730. The Labute approximate surface area is 85.5 Å². The highest BCUT2D eigenvalue weighted by Crippen LogP contribution is 2.21. The minimum Gasteiger partial charge on any atom is -0.497 e. The fourth-order valence-corrected chi connectivity index (χ4v) is 1.02. The van der Waals surface area contributed by atoms with Crippen LogP contribution in [0.5, 0.6) is 5.75 Å². The average molecular weight is 202 g/mol. The third-order valence-electron chi connectivity index (χ3n) is 1.81. The zero-order valence-electron chi connectivity index (χ0n) is 8.20. The molecule has 1 aromatic rings. The highest BCUT2D eigenvalue weighted by Gasteiger charge is 2.13. The van der Waals surface area contributed by atoms with E-state index >= 15 is 0 Å². The molecule has 1 aromatic carbocycles. The molecular formula is C10H16ClNO. The second-order valence-corrected chi connectivity index (χ2v) is 3.45. The molecule has 0 spiro atoms. The van der Waals surface area contributed by atoms with Crippen molar-refractivity contribution in [3.8, 4) is 5.75 Å². The third kappa shape index (κ3) is 3.25. The number of hydrogen-bond donors (Lipinski definition) is 1. The molecule has 0 aliphatic heterocycles. The van der Waals surface area contributed by atoms with Gasteiger partial charge in [0, 0.05) is 5.54 Å². The predicted octanol–water partition coefficient (Wildman–Crippen LogP) is 2.31. The fraction of sp³-hybridized carbons (Fsp3) is 0.400. The van der Waals surface area contributed by atoms with Crippen LogP contribution in [0.2, 0.25) is 0 Å². The summed E-state index contributed by atoms with van der Waals surface area (Å²) in [6, 6.07) is 7.82. The van der Waals surface area contributed by atoms with Crippen LogP contribution in [0.3, 0.4) is 0 Å². The van der Waals surface area contributed by atoms with Crippen LogP contribution in [0.4, 0.5) is 0 Å². The average Bonchev–Trinajstić information content (AvgIpc) is 2.03. The summed E-state index contributed by atoms with van der Waals surface area (Å²) in [4.78, 5) is 0. The van der Waals surface area contributed by atoms with Gasteiger partial charge in [0.05, 0.1) is 7.11 Å². The summed E-state index contributed by atoms with van der Waals surface area (Å²) in [6.07, 6.45) is 0. The van der Waals surface area contributed by atoms with E-state index in [9.17, 15) is 0 Å². The minimum atomic E-state index is -0.297. The summed E-state index contributed by atoms with van der Waals surface area (Å²) in [6.45, 7) is 3.95. The standard InChI is InChI=1S/C10H15NO.ClH/c1-10(2,11)8-5-4-6-9(7-8)12-3;/h4-7H,11H2,1-3H3;1H. The van der Waals surface area contributed by atoms with Crippen LogP contribution < -0.4 is 10.5 Å². The van der Waals surface area contributed by atoms with Crippen LogP contribution in [0.1, 0.15) is 19.4 Å². The molecule has 0 radical (unpaired) electrons. The van der Waals surface area contributed by atoms with Crippen molar-refractivity contribution in [2.75, 3.05) is 7.11 Å². The summed E-state index contributed by atoms with van der Waals surface area (Å²) in [5.74, 6) is 0.853. The molecule has 74 valence electrons. The van der Waals surface area contributed by atoms with Crippen LogP contribution in [0, 0.1) is 0 Å². The van der Waals surface area contributed by atoms with E-state index in [1.807, 2.05) is 38.1 Å². The fourth-order valence-electron chi connectivity index (χ4n) is 1.02. The number of ether oxygens (including phenoxy) is 1. The van der Waals surface area contributed by atoms with Crippen molar-refractivity contribution >= 4 is 12.4 Å². The molecule has 1 rings (SSSR count). The molecule has 2 N–H and O–H groups in total. The van der Waals surface area contributed by atoms with E-state index in [0.29, 0.717) is 0 Å². The molecule has 3 heteroatoms. The normalized spacial score (nSPS) is 10.5. The molecule has 0 heterocycles. The second kappa shape index (κ2) is 4.49. The third-order valence-corrected chi connectivity index (χ3v) is 1.81. The van der Waals surface area contributed by atoms with Gasteiger partial charge in [-0.2, -0.15) is 0 Å². The van der Waals surface area contributed by atoms with Crippen LogP contribution in [-0.2, 0) is 5.54 Å². The molecule has 0 saturated carbocycles. The molecule has 0 unspecified atom stereocenters. The maximum absolute atomic E-state index is 5.92. The van der Waals surface area contributed by atoms with Crippen molar-refractivity contribution in [1.29, 1.82) is 0 Å². The van der Waals surface area contributed by atoms with E-state index in [-0.39, 0.29) is 17.9 Å². The van der Waals surface area contributed by atoms with Crippen LogP contribution in [0.15, 0.2) is 24.3 Å². The van der Waals surface area contributed by atoms with Crippen molar-refractivity contribution in [1.82, 2.24) is 0 Å². The van der Waals surface area contributed by atoms with Crippen LogP contribution in [-0.4, -0.2) is 7.11 Å². The lowest BCUT2D eigenvalue weighted by Crippen LogP contribution is -2.28. The van der Waals surface area contributed by atoms with Gasteiger partial charge in [0.25, 0.3) is 0 Å². The Bertz CT molecular complexity index is 268. The summed E-state index contributed by atoms with van der Waals surface area (Å²) in [5.41, 5.74) is 6.71. The SMILES string of the molecule is COc1cccc(C(C)(C)N)c1.Cl. The van der Waals surface area contributed by atoms with Crippen molar-refractivity contribution < 1.29 is 4.74 Å². The molecule has 0 amide bonds. The predicted molar refractivity (Wildman–Crippen MR) is 57.5 cm³/mol. The monoisotopic (exact) mass is 201 g/mol. The maximum Gasteiger partial charge on any atom is 0.119 e. The summed E-state index contributed by atoms with van der Waals surface area (Å²) in [7, 11) is 1.66. The van der Waals surface area contributed by atoms with Gasteiger partial charge in [-0.05, 0) is 31.5 Å². The Morgan fingerprint density at radius 2 is 1.92 bits per heavy atom. The van der Waals surface area contributed by atoms with E-state index in [2.05, 4.69) is 0 Å².